The molecular formula is C19H20ClN3O2. The van der Waals surface area contributed by atoms with Gasteiger partial charge in [0.25, 0.3) is 5.91 Å². The summed E-state index contributed by atoms with van der Waals surface area (Å²) in [5, 5.41) is 3.40. The van der Waals surface area contributed by atoms with Crippen LogP contribution in [0.5, 0.6) is 5.75 Å². The van der Waals surface area contributed by atoms with E-state index in [0.717, 1.165) is 31.1 Å². The molecule has 0 radical (unpaired) electrons. The van der Waals surface area contributed by atoms with Crippen LogP contribution in [-0.2, 0) is 0 Å². The number of halogens is 1. The van der Waals surface area contributed by atoms with Gasteiger partial charge in [0.15, 0.2) is 0 Å². The summed E-state index contributed by atoms with van der Waals surface area (Å²) in [6.45, 7) is 5.63. The van der Waals surface area contributed by atoms with Crippen LogP contribution in [0.3, 0.4) is 0 Å². The Labute approximate surface area is 152 Å². The summed E-state index contributed by atoms with van der Waals surface area (Å²) < 4.78 is 5.99. The molecule has 5 nitrogen and oxygen atoms in total. The molecule has 1 aromatic heterocycles. The van der Waals surface area contributed by atoms with Crippen molar-refractivity contribution in [2.75, 3.05) is 24.5 Å². The maximum atomic E-state index is 11.9. The van der Waals surface area contributed by atoms with E-state index >= 15 is 0 Å². The van der Waals surface area contributed by atoms with Gasteiger partial charge < -0.3 is 15.0 Å². The zero-order chi connectivity index (χ0) is 17.6. The summed E-state index contributed by atoms with van der Waals surface area (Å²) in [6, 6.07) is 11.1. The van der Waals surface area contributed by atoms with Crippen LogP contribution in [0.2, 0.25) is 5.02 Å². The number of nitrogens with zero attached hydrogens (tertiary/aromatic N) is 2. The molecule has 1 aliphatic rings. The van der Waals surface area contributed by atoms with Crippen molar-refractivity contribution in [3.63, 3.8) is 0 Å². The van der Waals surface area contributed by atoms with Gasteiger partial charge in [0, 0.05) is 30.7 Å². The Hall–Kier alpha value is -2.53. The van der Waals surface area contributed by atoms with Crippen molar-refractivity contribution in [1.29, 1.82) is 0 Å². The summed E-state index contributed by atoms with van der Waals surface area (Å²) in [7, 11) is 0. The molecule has 0 saturated carbocycles. The van der Waals surface area contributed by atoms with Gasteiger partial charge in [-0.15, -0.1) is 6.58 Å². The first kappa shape index (κ1) is 17.3. The minimum absolute atomic E-state index is 0.0934. The number of hydrogen-bond acceptors (Lipinski definition) is 4. The number of rotatable bonds is 6. The molecule has 1 unspecified atom stereocenters. The highest BCUT2D eigenvalue weighted by Gasteiger charge is 2.25. The average Bonchev–Trinajstić information content (AvgIpc) is 3.08. The minimum Gasteiger partial charge on any atom is -0.488 e. The van der Waals surface area contributed by atoms with Gasteiger partial charge >= 0.3 is 0 Å². The number of amides is 1. The van der Waals surface area contributed by atoms with Gasteiger partial charge in [-0.05, 0) is 30.3 Å². The van der Waals surface area contributed by atoms with E-state index in [2.05, 4.69) is 21.8 Å². The zero-order valence-electron chi connectivity index (χ0n) is 13.8. The van der Waals surface area contributed by atoms with Crippen molar-refractivity contribution in [1.82, 2.24) is 10.3 Å². The molecule has 6 heteroatoms. The van der Waals surface area contributed by atoms with Gasteiger partial charge in [-0.3, -0.25) is 4.79 Å². The van der Waals surface area contributed by atoms with Gasteiger partial charge in [0.2, 0.25) is 0 Å². The molecule has 1 N–H and O–H groups in total. The highest BCUT2D eigenvalue weighted by Crippen LogP contribution is 2.24. The van der Waals surface area contributed by atoms with Crippen LogP contribution >= 0.6 is 11.6 Å². The van der Waals surface area contributed by atoms with Crippen LogP contribution in [0.1, 0.15) is 16.8 Å². The van der Waals surface area contributed by atoms with Crippen LogP contribution in [0.15, 0.2) is 55.3 Å². The second kappa shape index (κ2) is 8.03. The third-order valence-corrected chi connectivity index (χ3v) is 4.22. The predicted octanol–water partition coefficient (Wildman–Crippen LogP) is 3.31. The molecule has 0 aliphatic carbocycles. The van der Waals surface area contributed by atoms with Gasteiger partial charge in [-0.25, -0.2) is 4.98 Å². The number of benzene rings is 1. The van der Waals surface area contributed by atoms with Gasteiger partial charge in [0.05, 0.1) is 12.1 Å². The lowest BCUT2D eigenvalue weighted by Gasteiger charge is -2.18. The third-order valence-electron chi connectivity index (χ3n) is 3.98. The van der Waals surface area contributed by atoms with E-state index in [-0.39, 0.29) is 12.0 Å². The number of anilines is 1. The highest BCUT2D eigenvalue weighted by molar-refractivity contribution is 6.30. The number of nitrogens with one attached hydrogen (secondary N) is 1. The van der Waals surface area contributed by atoms with E-state index in [4.69, 9.17) is 16.3 Å². The highest BCUT2D eigenvalue weighted by atomic mass is 35.5. The van der Waals surface area contributed by atoms with E-state index in [1.807, 2.05) is 30.3 Å². The minimum atomic E-state index is -0.150. The number of aromatic nitrogens is 1. The Morgan fingerprint density at radius 3 is 3.04 bits per heavy atom. The number of carbonyl (C=O) groups is 1. The Bertz CT molecular complexity index is 749. The van der Waals surface area contributed by atoms with Gasteiger partial charge in [-0.2, -0.15) is 0 Å². The van der Waals surface area contributed by atoms with Crippen molar-refractivity contribution in [3.05, 3.63) is 65.8 Å². The topological polar surface area (TPSA) is 54.5 Å². The molecule has 1 amide bonds. The van der Waals surface area contributed by atoms with E-state index in [1.165, 1.54) is 0 Å². The van der Waals surface area contributed by atoms with Crippen LogP contribution in [0, 0.1) is 0 Å². The van der Waals surface area contributed by atoms with Crippen LogP contribution in [0.4, 0.5) is 5.82 Å². The molecule has 2 aromatic rings. The first-order valence-corrected chi connectivity index (χ1v) is 8.56. The van der Waals surface area contributed by atoms with E-state index < -0.39 is 0 Å². The lowest BCUT2D eigenvalue weighted by molar-refractivity contribution is 0.0957. The fourth-order valence-corrected chi connectivity index (χ4v) is 2.92. The average molecular weight is 358 g/mol. The Kier molecular flexibility index (Phi) is 5.56. The lowest BCUT2D eigenvalue weighted by atomic mass is 10.2. The van der Waals surface area contributed by atoms with Gasteiger partial charge in [0.1, 0.15) is 17.7 Å². The summed E-state index contributed by atoms with van der Waals surface area (Å²) in [5.74, 6) is 1.47. The molecule has 1 aliphatic heterocycles. The lowest BCUT2D eigenvalue weighted by Crippen LogP contribution is -2.26. The van der Waals surface area contributed by atoms with Gasteiger partial charge in [-0.1, -0.05) is 23.7 Å². The molecule has 0 bridgehead atoms. The summed E-state index contributed by atoms with van der Waals surface area (Å²) in [6.07, 6.45) is 4.24. The number of carbonyl (C=O) groups excluding carboxylic acids is 1. The Morgan fingerprint density at radius 1 is 1.44 bits per heavy atom. The summed E-state index contributed by atoms with van der Waals surface area (Å²) in [5.41, 5.74) is 0.538. The molecule has 0 spiro atoms. The predicted molar refractivity (Wildman–Crippen MR) is 99.5 cm³/mol. The number of hydrogen-bond donors (Lipinski definition) is 1. The first-order valence-electron chi connectivity index (χ1n) is 8.18. The molecule has 25 heavy (non-hydrogen) atoms. The quantitative estimate of drug-likeness (QED) is 0.806. The fourth-order valence-electron chi connectivity index (χ4n) is 2.74. The Morgan fingerprint density at radius 2 is 2.32 bits per heavy atom. The van der Waals surface area contributed by atoms with Crippen molar-refractivity contribution in [2.24, 2.45) is 0 Å². The standard InChI is InChI=1S/C19H20ClN3O2/c1-2-9-21-19(24)14-6-7-18(22-12-14)23-10-8-17(13-23)25-16-5-3-4-15(20)11-16/h2-7,11-12,17H,1,8-10,13H2,(H,21,24). The maximum Gasteiger partial charge on any atom is 0.253 e. The summed E-state index contributed by atoms with van der Waals surface area (Å²) >= 11 is 5.99. The van der Waals surface area contributed by atoms with Crippen molar-refractivity contribution in [3.8, 4) is 5.75 Å². The zero-order valence-corrected chi connectivity index (χ0v) is 14.6. The monoisotopic (exact) mass is 357 g/mol. The van der Waals surface area contributed by atoms with Crippen LogP contribution in [0.25, 0.3) is 0 Å². The SMILES string of the molecule is C=CCNC(=O)c1ccc(N2CCC(Oc3cccc(Cl)c3)C2)nc1. The summed E-state index contributed by atoms with van der Waals surface area (Å²) in [4.78, 5) is 18.4. The molecule has 1 fully saturated rings. The largest absolute Gasteiger partial charge is 0.488 e. The molecule has 1 saturated heterocycles. The first-order chi connectivity index (χ1) is 12.2. The van der Waals surface area contributed by atoms with Crippen molar-refractivity contribution in [2.45, 2.75) is 12.5 Å². The molecule has 2 heterocycles. The number of pyridine rings is 1. The maximum absolute atomic E-state index is 11.9. The number of ether oxygens (including phenoxy) is 1. The van der Waals surface area contributed by atoms with Crippen molar-refractivity contribution < 1.29 is 9.53 Å². The Balaban J connectivity index is 1.58. The van der Waals surface area contributed by atoms with Crippen molar-refractivity contribution >= 4 is 23.3 Å². The molecule has 1 atom stereocenters. The van der Waals surface area contributed by atoms with Crippen LogP contribution in [-0.4, -0.2) is 36.6 Å². The fraction of sp³-hybridized carbons (Fsp3) is 0.263. The van der Waals surface area contributed by atoms with E-state index in [9.17, 15) is 4.79 Å². The second-order valence-corrected chi connectivity index (χ2v) is 6.27. The van der Waals surface area contributed by atoms with E-state index in [0.29, 0.717) is 17.1 Å². The molecular weight excluding hydrogens is 338 g/mol. The molecule has 1 aromatic carbocycles. The second-order valence-electron chi connectivity index (χ2n) is 5.84. The smallest absolute Gasteiger partial charge is 0.253 e. The molecule has 3 rings (SSSR count). The normalized spacial score (nSPS) is 16.5. The van der Waals surface area contributed by atoms with Crippen LogP contribution < -0.4 is 15.0 Å². The third kappa shape index (κ3) is 4.51. The molecule has 130 valence electrons. The van der Waals surface area contributed by atoms with E-state index in [1.54, 1.807) is 18.3 Å².